The van der Waals surface area contributed by atoms with Gasteiger partial charge < -0.3 is 24.6 Å². The van der Waals surface area contributed by atoms with Crippen molar-refractivity contribution in [3.8, 4) is 5.75 Å². The summed E-state index contributed by atoms with van der Waals surface area (Å²) in [4.78, 5) is 40.7. The van der Waals surface area contributed by atoms with Gasteiger partial charge in [0.1, 0.15) is 24.0 Å². The second kappa shape index (κ2) is 10.1. The molecule has 4 rings (SSSR count). The maximum atomic E-state index is 12.9. The summed E-state index contributed by atoms with van der Waals surface area (Å²) >= 11 is 0. The van der Waals surface area contributed by atoms with Crippen LogP contribution in [0, 0.1) is 13.8 Å². The monoisotopic (exact) mass is 488 g/mol. The lowest BCUT2D eigenvalue weighted by molar-refractivity contribution is -0.141. The third-order valence-corrected chi connectivity index (χ3v) is 6.03. The zero-order valence-corrected chi connectivity index (χ0v) is 20.4. The summed E-state index contributed by atoms with van der Waals surface area (Å²) in [5, 5.41) is 13.8. The Bertz CT molecular complexity index is 1550. The molecule has 0 aliphatic heterocycles. The van der Waals surface area contributed by atoms with E-state index in [1.165, 1.54) is 0 Å². The Hall–Kier alpha value is -4.33. The standard InChI is InChI=1S/C28H28N2O6/c1-15(2)14-35-23-9-16(3)10-24-26(23)17(4)20(28(34)36-24)12-25(31)30-22(27(32)33)11-18-13-29-21-8-6-5-7-19(18)21/h5-10,13,22,29H,1,11-12,14H2,2-4H3,(H,30,31)(H,32,33). The largest absolute Gasteiger partial charge is 0.488 e. The molecule has 2 aromatic heterocycles. The third-order valence-electron chi connectivity index (χ3n) is 6.03. The minimum Gasteiger partial charge on any atom is -0.488 e. The summed E-state index contributed by atoms with van der Waals surface area (Å²) in [5.41, 5.74) is 3.76. The van der Waals surface area contributed by atoms with Gasteiger partial charge in [0.2, 0.25) is 5.91 Å². The van der Waals surface area contributed by atoms with Crippen molar-refractivity contribution < 1.29 is 23.8 Å². The summed E-state index contributed by atoms with van der Waals surface area (Å²) in [5.74, 6) is -1.23. The topological polar surface area (TPSA) is 122 Å². The number of para-hydroxylation sites is 1. The van der Waals surface area contributed by atoms with E-state index >= 15 is 0 Å². The molecule has 1 amide bonds. The number of carboxylic acids is 1. The minimum absolute atomic E-state index is 0.0918. The van der Waals surface area contributed by atoms with Crippen LogP contribution in [0.4, 0.5) is 0 Å². The molecule has 0 saturated carbocycles. The van der Waals surface area contributed by atoms with Crippen LogP contribution in [0.25, 0.3) is 21.9 Å². The number of rotatable bonds is 9. The molecule has 8 nitrogen and oxygen atoms in total. The number of aromatic nitrogens is 1. The normalized spacial score (nSPS) is 12.0. The molecule has 0 radical (unpaired) electrons. The average molecular weight is 489 g/mol. The molecule has 2 heterocycles. The van der Waals surface area contributed by atoms with E-state index in [9.17, 15) is 19.5 Å². The Balaban J connectivity index is 1.60. The number of aliphatic carboxylic acids is 1. The molecule has 0 bridgehead atoms. The summed E-state index contributed by atoms with van der Waals surface area (Å²) in [6.45, 7) is 9.58. The summed E-state index contributed by atoms with van der Waals surface area (Å²) < 4.78 is 11.4. The average Bonchev–Trinajstić information content (AvgIpc) is 3.22. The molecule has 4 aromatic rings. The molecule has 0 fully saturated rings. The Morgan fingerprint density at radius 3 is 2.69 bits per heavy atom. The number of H-pyrrole nitrogens is 1. The number of hydrogen-bond acceptors (Lipinski definition) is 5. The lowest BCUT2D eigenvalue weighted by Crippen LogP contribution is -2.43. The van der Waals surface area contributed by atoms with Gasteiger partial charge in [-0.1, -0.05) is 24.8 Å². The van der Waals surface area contributed by atoms with E-state index in [0.717, 1.165) is 27.6 Å². The number of benzene rings is 2. The summed E-state index contributed by atoms with van der Waals surface area (Å²) in [6.07, 6.45) is 1.51. The molecule has 8 heteroatoms. The van der Waals surface area contributed by atoms with E-state index in [2.05, 4.69) is 16.9 Å². The van der Waals surface area contributed by atoms with Gasteiger partial charge in [-0.2, -0.15) is 0 Å². The number of carbonyl (C=O) groups excluding carboxylic acids is 1. The van der Waals surface area contributed by atoms with Gasteiger partial charge in [-0.3, -0.25) is 4.79 Å². The Labute approximate surface area is 207 Å². The highest BCUT2D eigenvalue weighted by molar-refractivity contribution is 5.91. The van der Waals surface area contributed by atoms with Crippen LogP contribution in [0.5, 0.6) is 5.75 Å². The van der Waals surface area contributed by atoms with E-state index in [-0.39, 0.29) is 18.4 Å². The highest BCUT2D eigenvalue weighted by Crippen LogP contribution is 2.31. The second-order valence-electron chi connectivity index (χ2n) is 9.07. The second-order valence-corrected chi connectivity index (χ2v) is 9.07. The van der Waals surface area contributed by atoms with Crippen molar-refractivity contribution in [1.82, 2.24) is 10.3 Å². The zero-order chi connectivity index (χ0) is 26.0. The lowest BCUT2D eigenvalue weighted by atomic mass is 10.0. The Morgan fingerprint density at radius 2 is 1.97 bits per heavy atom. The van der Waals surface area contributed by atoms with Gasteiger partial charge in [0, 0.05) is 23.5 Å². The molecule has 1 atom stereocenters. The van der Waals surface area contributed by atoms with Gasteiger partial charge in [-0.05, 0) is 61.2 Å². The number of amides is 1. The number of carboxylic acid groups (broad SMARTS) is 1. The van der Waals surface area contributed by atoms with E-state index in [1.54, 1.807) is 19.2 Å². The maximum absolute atomic E-state index is 12.9. The van der Waals surface area contributed by atoms with Crippen molar-refractivity contribution in [1.29, 1.82) is 0 Å². The van der Waals surface area contributed by atoms with Gasteiger partial charge in [0.15, 0.2) is 0 Å². The fourth-order valence-corrected chi connectivity index (χ4v) is 4.28. The van der Waals surface area contributed by atoms with Crippen LogP contribution >= 0.6 is 0 Å². The molecular weight excluding hydrogens is 460 g/mol. The number of nitrogens with one attached hydrogen (secondary N) is 2. The number of hydrogen-bond donors (Lipinski definition) is 3. The molecule has 186 valence electrons. The van der Waals surface area contributed by atoms with Crippen molar-refractivity contribution in [2.75, 3.05) is 6.61 Å². The van der Waals surface area contributed by atoms with Gasteiger partial charge in [0.05, 0.1) is 17.4 Å². The van der Waals surface area contributed by atoms with E-state index in [0.29, 0.717) is 28.9 Å². The maximum Gasteiger partial charge on any atom is 0.340 e. The van der Waals surface area contributed by atoms with Gasteiger partial charge >= 0.3 is 11.6 Å². The number of fused-ring (bicyclic) bond motifs is 2. The van der Waals surface area contributed by atoms with Crippen LogP contribution in [0.15, 0.2) is 64.0 Å². The molecule has 0 aliphatic rings. The van der Waals surface area contributed by atoms with Crippen molar-refractivity contribution in [3.63, 3.8) is 0 Å². The molecule has 36 heavy (non-hydrogen) atoms. The zero-order valence-electron chi connectivity index (χ0n) is 20.4. The smallest absolute Gasteiger partial charge is 0.340 e. The van der Waals surface area contributed by atoms with E-state index < -0.39 is 23.5 Å². The van der Waals surface area contributed by atoms with Gasteiger partial charge in [-0.15, -0.1) is 0 Å². The van der Waals surface area contributed by atoms with Crippen LogP contribution in [0.3, 0.4) is 0 Å². The highest BCUT2D eigenvalue weighted by atomic mass is 16.5. The first-order chi connectivity index (χ1) is 17.1. The SMILES string of the molecule is C=C(C)COc1cc(C)cc2oc(=O)c(CC(=O)NC(Cc3c[nH]c4ccccc34)C(=O)O)c(C)c12. The van der Waals surface area contributed by atoms with Crippen LogP contribution in [-0.2, 0) is 22.4 Å². The van der Waals surface area contributed by atoms with Crippen molar-refractivity contribution in [2.45, 2.75) is 39.7 Å². The first-order valence-electron chi connectivity index (χ1n) is 11.5. The van der Waals surface area contributed by atoms with Crippen LogP contribution in [0.2, 0.25) is 0 Å². The number of carbonyl (C=O) groups is 2. The predicted octanol–water partition coefficient (Wildman–Crippen LogP) is 4.20. The Kier molecular flexibility index (Phi) is 6.96. The van der Waals surface area contributed by atoms with E-state index in [1.807, 2.05) is 44.2 Å². The first-order valence-corrected chi connectivity index (χ1v) is 11.5. The highest BCUT2D eigenvalue weighted by Gasteiger charge is 2.24. The van der Waals surface area contributed by atoms with Crippen LogP contribution in [-0.4, -0.2) is 34.6 Å². The molecule has 3 N–H and O–H groups in total. The van der Waals surface area contributed by atoms with Crippen molar-refractivity contribution in [3.05, 3.63) is 87.4 Å². The first kappa shape index (κ1) is 24.8. The quantitative estimate of drug-likeness (QED) is 0.240. The number of aryl methyl sites for hydroxylation is 2. The summed E-state index contributed by atoms with van der Waals surface area (Å²) in [7, 11) is 0. The van der Waals surface area contributed by atoms with E-state index in [4.69, 9.17) is 9.15 Å². The molecule has 0 spiro atoms. The molecule has 0 saturated heterocycles. The van der Waals surface area contributed by atoms with Crippen LogP contribution in [0.1, 0.15) is 29.2 Å². The summed E-state index contributed by atoms with van der Waals surface area (Å²) in [6, 6.07) is 9.94. The number of aromatic amines is 1. The van der Waals surface area contributed by atoms with Gasteiger partial charge in [0.25, 0.3) is 0 Å². The lowest BCUT2D eigenvalue weighted by Gasteiger charge is -2.16. The third kappa shape index (κ3) is 5.17. The molecule has 2 aromatic carbocycles. The van der Waals surface area contributed by atoms with Crippen molar-refractivity contribution >= 4 is 33.7 Å². The Morgan fingerprint density at radius 1 is 1.22 bits per heavy atom. The molecular formula is C28H28N2O6. The minimum atomic E-state index is -1.17. The predicted molar refractivity (Wildman–Crippen MR) is 138 cm³/mol. The fourth-order valence-electron chi connectivity index (χ4n) is 4.28. The van der Waals surface area contributed by atoms with Crippen molar-refractivity contribution in [2.24, 2.45) is 0 Å². The fraction of sp³-hybridized carbons (Fsp3) is 0.250. The number of ether oxygens (including phenoxy) is 1. The van der Waals surface area contributed by atoms with Crippen LogP contribution < -0.4 is 15.7 Å². The molecule has 0 aliphatic carbocycles. The van der Waals surface area contributed by atoms with Gasteiger partial charge in [-0.25, -0.2) is 9.59 Å². The molecule has 1 unspecified atom stereocenters.